The number of primary amides is 1. The molecule has 0 spiro atoms. The molecule has 1 aliphatic carbocycles. The average Bonchev–Trinajstić information content (AvgIpc) is 3.04. The second-order valence-electron chi connectivity index (χ2n) is 9.20. The number of fused-ring (bicyclic) bond motifs is 2. The average molecular weight is 462 g/mol. The van der Waals surface area contributed by atoms with Crippen molar-refractivity contribution in [3.05, 3.63) is 52.7 Å². The van der Waals surface area contributed by atoms with Crippen molar-refractivity contribution in [2.45, 2.75) is 51.2 Å². The molecule has 1 aliphatic rings. The Morgan fingerprint density at radius 1 is 1.26 bits per heavy atom. The maximum absolute atomic E-state index is 13.1. The van der Waals surface area contributed by atoms with Gasteiger partial charge in [0.15, 0.2) is 5.65 Å². The maximum atomic E-state index is 13.1. The molecule has 3 N–H and O–H groups in total. The van der Waals surface area contributed by atoms with Gasteiger partial charge in [0.1, 0.15) is 11.1 Å². The molecule has 1 fully saturated rings. The Bertz CT molecular complexity index is 1460. The summed E-state index contributed by atoms with van der Waals surface area (Å²) in [6.07, 6.45) is 5.25. The Kier molecular flexibility index (Phi) is 5.22. The molecule has 1 aromatic carbocycles. The SMILES string of the molecule is Cc1cc2ncccc2cc1Nc1ncc2c(n1)n(C1CCC(C)(OC(N)=O)CC1)c(=O)n2C. The van der Waals surface area contributed by atoms with Crippen LogP contribution in [0.1, 0.15) is 44.2 Å². The van der Waals surface area contributed by atoms with Gasteiger partial charge in [0.25, 0.3) is 0 Å². The number of benzene rings is 1. The number of ether oxygens (including phenoxy) is 1. The predicted octanol–water partition coefficient (Wildman–Crippen LogP) is 3.70. The number of anilines is 2. The molecule has 3 aromatic heterocycles. The van der Waals surface area contributed by atoms with Crippen molar-refractivity contribution >= 4 is 39.8 Å². The Balaban J connectivity index is 1.48. The molecule has 3 heterocycles. The normalized spacial score (nSPS) is 20.5. The quantitative estimate of drug-likeness (QED) is 0.474. The number of amides is 1. The van der Waals surface area contributed by atoms with E-state index < -0.39 is 11.7 Å². The van der Waals surface area contributed by atoms with Gasteiger partial charge < -0.3 is 15.8 Å². The van der Waals surface area contributed by atoms with Crippen LogP contribution < -0.4 is 16.7 Å². The molecule has 10 heteroatoms. The summed E-state index contributed by atoms with van der Waals surface area (Å²) in [5.41, 5.74) is 8.53. The minimum Gasteiger partial charge on any atom is -0.443 e. The number of aryl methyl sites for hydroxylation is 2. The molecule has 0 unspecified atom stereocenters. The first kappa shape index (κ1) is 21.9. The molecule has 10 nitrogen and oxygen atoms in total. The zero-order valence-corrected chi connectivity index (χ0v) is 19.4. The predicted molar refractivity (Wildman–Crippen MR) is 129 cm³/mol. The van der Waals surface area contributed by atoms with Gasteiger partial charge in [-0.25, -0.2) is 14.6 Å². The number of nitrogens with one attached hydrogen (secondary N) is 1. The Morgan fingerprint density at radius 3 is 2.76 bits per heavy atom. The first-order chi connectivity index (χ1) is 16.2. The summed E-state index contributed by atoms with van der Waals surface area (Å²) in [7, 11) is 1.72. The number of aromatic nitrogens is 5. The lowest BCUT2D eigenvalue weighted by atomic mass is 9.83. The summed E-state index contributed by atoms with van der Waals surface area (Å²) in [6.45, 7) is 3.88. The summed E-state index contributed by atoms with van der Waals surface area (Å²) in [4.78, 5) is 38.0. The fourth-order valence-electron chi connectivity index (χ4n) is 4.82. The summed E-state index contributed by atoms with van der Waals surface area (Å²) in [6, 6.07) is 7.88. The van der Waals surface area contributed by atoms with Gasteiger partial charge in [0, 0.05) is 30.4 Å². The molecule has 4 aromatic rings. The van der Waals surface area contributed by atoms with E-state index in [-0.39, 0.29) is 11.7 Å². The number of pyridine rings is 1. The standard InChI is InChI=1S/C24H27N7O3/c1-14-11-18-15(5-4-10-26-18)12-17(14)28-22-27-13-19-20(29-22)31(23(33)30(19)3)16-6-8-24(2,9-7-16)34-21(25)32/h4-5,10-13,16H,6-9H2,1-3H3,(H2,25,32)(H,27,28,29). The van der Waals surface area contributed by atoms with Gasteiger partial charge in [0.2, 0.25) is 5.95 Å². The van der Waals surface area contributed by atoms with Crippen LogP contribution in [-0.2, 0) is 11.8 Å². The van der Waals surface area contributed by atoms with Crippen LogP contribution >= 0.6 is 0 Å². The minimum atomic E-state index is -0.772. The molecular formula is C24H27N7O3. The molecule has 34 heavy (non-hydrogen) atoms. The lowest BCUT2D eigenvalue weighted by molar-refractivity contribution is -0.00654. The van der Waals surface area contributed by atoms with Crippen LogP contribution in [0.4, 0.5) is 16.4 Å². The number of carbonyl (C=O) groups is 1. The summed E-state index contributed by atoms with van der Waals surface area (Å²) in [5.74, 6) is 0.413. The van der Waals surface area contributed by atoms with Crippen molar-refractivity contribution in [3.8, 4) is 0 Å². The molecule has 0 bridgehead atoms. The molecular weight excluding hydrogens is 434 g/mol. The lowest BCUT2D eigenvalue weighted by Gasteiger charge is -2.36. The molecule has 0 saturated heterocycles. The molecule has 0 radical (unpaired) electrons. The van der Waals surface area contributed by atoms with Crippen molar-refractivity contribution in [1.29, 1.82) is 0 Å². The van der Waals surface area contributed by atoms with Crippen LogP contribution in [0.3, 0.4) is 0 Å². The van der Waals surface area contributed by atoms with E-state index >= 15 is 0 Å². The number of carbonyl (C=O) groups excluding carboxylic acids is 1. The third kappa shape index (κ3) is 3.85. The van der Waals surface area contributed by atoms with Crippen LogP contribution in [0, 0.1) is 6.92 Å². The van der Waals surface area contributed by atoms with E-state index in [9.17, 15) is 9.59 Å². The van der Waals surface area contributed by atoms with Gasteiger partial charge in [-0.15, -0.1) is 0 Å². The van der Waals surface area contributed by atoms with Gasteiger partial charge >= 0.3 is 11.8 Å². The smallest absolute Gasteiger partial charge is 0.405 e. The Morgan fingerprint density at radius 2 is 2.03 bits per heavy atom. The molecule has 0 atom stereocenters. The monoisotopic (exact) mass is 461 g/mol. The Labute approximate surface area is 195 Å². The first-order valence-corrected chi connectivity index (χ1v) is 11.3. The maximum Gasteiger partial charge on any atom is 0.405 e. The highest BCUT2D eigenvalue weighted by molar-refractivity contribution is 5.85. The minimum absolute atomic E-state index is 0.0584. The zero-order chi connectivity index (χ0) is 24.0. The fourth-order valence-corrected chi connectivity index (χ4v) is 4.82. The lowest BCUT2D eigenvalue weighted by Crippen LogP contribution is -2.39. The number of hydrogen-bond donors (Lipinski definition) is 2. The Hall–Kier alpha value is -3.95. The molecule has 0 aliphatic heterocycles. The van der Waals surface area contributed by atoms with Crippen LogP contribution in [0.5, 0.6) is 0 Å². The molecule has 5 rings (SSSR count). The van der Waals surface area contributed by atoms with Crippen molar-refractivity contribution in [3.63, 3.8) is 0 Å². The number of nitrogens with two attached hydrogens (primary N) is 1. The largest absolute Gasteiger partial charge is 0.443 e. The van der Waals surface area contributed by atoms with E-state index in [0.717, 1.165) is 22.2 Å². The van der Waals surface area contributed by atoms with E-state index in [0.29, 0.717) is 42.8 Å². The second-order valence-corrected chi connectivity index (χ2v) is 9.20. The van der Waals surface area contributed by atoms with Gasteiger partial charge in [-0.05, 0) is 63.3 Å². The van der Waals surface area contributed by atoms with E-state index in [4.69, 9.17) is 15.5 Å². The van der Waals surface area contributed by atoms with E-state index in [2.05, 4.69) is 15.3 Å². The molecule has 176 valence electrons. The zero-order valence-electron chi connectivity index (χ0n) is 19.4. The molecule has 1 saturated carbocycles. The molecule has 1 amide bonds. The van der Waals surface area contributed by atoms with Gasteiger partial charge in [0.05, 0.1) is 11.7 Å². The number of imidazole rings is 1. The van der Waals surface area contributed by atoms with Crippen molar-refractivity contribution < 1.29 is 9.53 Å². The summed E-state index contributed by atoms with van der Waals surface area (Å²) >= 11 is 0. The first-order valence-electron chi connectivity index (χ1n) is 11.3. The van der Waals surface area contributed by atoms with E-state index in [1.165, 1.54) is 0 Å². The van der Waals surface area contributed by atoms with Crippen LogP contribution in [0.2, 0.25) is 0 Å². The highest BCUT2D eigenvalue weighted by Crippen LogP contribution is 2.37. The highest BCUT2D eigenvalue weighted by Gasteiger charge is 2.36. The van der Waals surface area contributed by atoms with Crippen molar-refractivity contribution in [2.24, 2.45) is 12.8 Å². The number of hydrogen-bond acceptors (Lipinski definition) is 7. The van der Waals surface area contributed by atoms with Crippen molar-refractivity contribution in [1.82, 2.24) is 24.1 Å². The van der Waals surface area contributed by atoms with Crippen LogP contribution in [-0.4, -0.2) is 35.8 Å². The summed E-state index contributed by atoms with van der Waals surface area (Å²) < 4.78 is 8.63. The second kappa shape index (κ2) is 8.12. The third-order valence-electron chi connectivity index (χ3n) is 6.75. The third-order valence-corrected chi connectivity index (χ3v) is 6.75. The number of nitrogens with zero attached hydrogens (tertiary/aromatic N) is 5. The van der Waals surface area contributed by atoms with E-state index in [1.54, 1.807) is 28.6 Å². The van der Waals surface area contributed by atoms with Crippen LogP contribution in [0.15, 0.2) is 41.5 Å². The van der Waals surface area contributed by atoms with E-state index in [1.807, 2.05) is 38.1 Å². The van der Waals surface area contributed by atoms with Crippen molar-refractivity contribution in [2.75, 3.05) is 5.32 Å². The highest BCUT2D eigenvalue weighted by atomic mass is 16.6. The van der Waals surface area contributed by atoms with Gasteiger partial charge in [-0.1, -0.05) is 6.07 Å². The number of rotatable bonds is 4. The van der Waals surface area contributed by atoms with Gasteiger partial charge in [-0.2, -0.15) is 4.98 Å². The fraction of sp³-hybridized carbons (Fsp3) is 0.375. The summed E-state index contributed by atoms with van der Waals surface area (Å²) in [5, 5.41) is 4.31. The van der Waals surface area contributed by atoms with Crippen LogP contribution in [0.25, 0.3) is 22.1 Å². The topological polar surface area (TPSA) is 130 Å². The van der Waals surface area contributed by atoms with Gasteiger partial charge in [-0.3, -0.25) is 14.1 Å².